The Kier molecular flexibility index (Phi) is 3.89. The Labute approximate surface area is 103 Å². The molecule has 94 valence electrons. The number of hydrogen-bond acceptors (Lipinski definition) is 3. The molecule has 1 aromatic rings. The minimum atomic E-state index is 0.133. The van der Waals surface area contributed by atoms with E-state index in [1.54, 1.807) is 7.11 Å². The van der Waals surface area contributed by atoms with Crippen LogP contribution in [-0.4, -0.2) is 13.7 Å². The summed E-state index contributed by atoms with van der Waals surface area (Å²) in [7, 11) is 1.66. The maximum Gasteiger partial charge on any atom is 0.161 e. The van der Waals surface area contributed by atoms with E-state index in [1.165, 1.54) is 19.3 Å². The van der Waals surface area contributed by atoms with Gasteiger partial charge in [0, 0.05) is 6.04 Å². The highest BCUT2D eigenvalue weighted by Crippen LogP contribution is 2.38. The lowest BCUT2D eigenvalue weighted by atomic mass is 9.77. The van der Waals surface area contributed by atoms with Crippen molar-refractivity contribution >= 4 is 0 Å². The molecular formula is C14H21NO2. The molecule has 0 unspecified atom stereocenters. The summed E-state index contributed by atoms with van der Waals surface area (Å²) in [5, 5.41) is 0. The Hall–Kier alpha value is -1.22. The third-order valence-electron chi connectivity index (χ3n) is 3.53. The average molecular weight is 235 g/mol. The van der Waals surface area contributed by atoms with E-state index in [0.717, 1.165) is 17.1 Å². The second-order valence-electron chi connectivity index (χ2n) is 4.56. The van der Waals surface area contributed by atoms with E-state index < -0.39 is 0 Å². The van der Waals surface area contributed by atoms with Crippen molar-refractivity contribution in [2.75, 3.05) is 13.7 Å². The van der Waals surface area contributed by atoms with Gasteiger partial charge in [0.1, 0.15) is 0 Å². The van der Waals surface area contributed by atoms with Crippen LogP contribution in [0.2, 0.25) is 0 Å². The number of benzene rings is 1. The Bertz CT molecular complexity index is 374. The predicted octanol–water partition coefficient (Wildman–Crippen LogP) is 2.89. The van der Waals surface area contributed by atoms with Crippen LogP contribution < -0.4 is 15.2 Å². The number of hydrogen-bond donors (Lipinski definition) is 1. The molecule has 0 spiro atoms. The first-order valence-electron chi connectivity index (χ1n) is 6.32. The average Bonchev–Trinajstić information content (AvgIpc) is 2.27. The van der Waals surface area contributed by atoms with E-state index in [9.17, 15) is 0 Å². The largest absolute Gasteiger partial charge is 0.493 e. The van der Waals surface area contributed by atoms with E-state index in [1.807, 2.05) is 19.1 Å². The molecule has 3 nitrogen and oxygen atoms in total. The van der Waals surface area contributed by atoms with Crippen molar-refractivity contribution in [3.05, 3.63) is 23.8 Å². The molecule has 1 aliphatic carbocycles. The van der Waals surface area contributed by atoms with Crippen molar-refractivity contribution in [2.24, 2.45) is 11.7 Å². The molecule has 2 N–H and O–H groups in total. The highest BCUT2D eigenvalue weighted by Gasteiger charge is 2.26. The number of methoxy groups -OCH3 is 1. The van der Waals surface area contributed by atoms with Crippen LogP contribution >= 0.6 is 0 Å². The molecule has 17 heavy (non-hydrogen) atoms. The van der Waals surface area contributed by atoms with Crippen molar-refractivity contribution < 1.29 is 9.47 Å². The topological polar surface area (TPSA) is 44.5 Å². The van der Waals surface area contributed by atoms with Crippen molar-refractivity contribution in [2.45, 2.75) is 32.2 Å². The zero-order valence-corrected chi connectivity index (χ0v) is 10.6. The smallest absolute Gasteiger partial charge is 0.161 e. The lowest BCUT2D eigenvalue weighted by Gasteiger charge is -2.31. The van der Waals surface area contributed by atoms with Gasteiger partial charge < -0.3 is 15.2 Å². The monoisotopic (exact) mass is 235 g/mol. The molecule has 0 aromatic heterocycles. The Balaban J connectivity index is 2.17. The lowest BCUT2D eigenvalue weighted by Crippen LogP contribution is -2.26. The molecule has 1 aliphatic rings. The van der Waals surface area contributed by atoms with Crippen LogP contribution in [0.3, 0.4) is 0 Å². The second kappa shape index (κ2) is 5.41. The summed E-state index contributed by atoms with van der Waals surface area (Å²) in [5.74, 6) is 2.20. The van der Waals surface area contributed by atoms with Gasteiger partial charge in [-0.05, 0) is 43.4 Å². The summed E-state index contributed by atoms with van der Waals surface area (Å²) in [4.78, 5) is 0. The van der Waals surface area contributed by atoms with Gasteiger partial charge in [-0.15, -0.1) is 0 Å². The third-order valence-corrected chi connectivity index (χ3v) is 3.53. The van der Waals surface area contributed by atoms with Crippen LogP contribution in [0.4, 0.5) is 0 Å². The van der Waals surface area contributed by atoms with Gasteiger partial charge in [0.05, 0.1) is 13.7 Å². The van der Waals surface area contributed by atoms with Crippen LogP contribution in [0.1, 0.15) is 37.8 Å². The van der Waals surface area contributed by atoms with Gasteiger partial charge in [-0.1, -0.05) is 12.5 Å². The van der Waals surface area contributed by atoms with Crippen molar-refractivity contribution in [3.63, 3.8) is 0 Å². The molecule has 0 heterocycles. The summed E-state index contributed by atoms with van der Waals surface area (Å²) >= 11 is 0. The molecular weight excluding hydrogens is 214 g/mol. The van der Waals surface area contributed by atoms with Gasteiger partial charge in [-0.25, -0.2) is 0 Å². The number of rotatable bonds is 5. The van der Waals surface area contributed by atoms with E-state index in [0.29, 0.717) is 12.5 Å². The molecule has 0 radical (unpaired) electrons. The number of nitrogens with two attached hydrogens (primary N) is 1. The van der Waals surface area contributed by atoms with Gasteiger partial charge in [0.15, 0.2) is 11.5 Å². The van der Waals surface area contributed by atoms with E-state index in [2.05, 4.69) is 6.07 Å². The fourth-order valence-electron chi connectivity index (χ4n) is 2.24. The fourth-order valence-corrected chi connectivity index (χ4v) is 2.24. The summed E-state index contributed by atoms with van der Waals surface area (Å²) in [6.07, 6.45) is 3.81. The second-order valence-corrected chi connectivity index (χ2v) is 4.56. The first-order chi connectivity index (χ1) is 8.26. The summed E-state index contributed by atoms with van der Waals surface area (Å²) in [5.41, 5.74) is 7.40. The molecule has 1 aromatic carbocycles. The van der Waals surface area contributed by atoms with E-state index in [4.69, 9.17) is 15.2 Å². The molecule has 0 saturated heterocycles. The highest BCUT2D eigenvalue weighted by atomic mass is 16.5. The van der Waals surface area contributed by atoms with Crippen LogP contribution in [-0.2, 0) is 0 Å². The van der Waals surface area contributed by atoms with Gasteiger partial charge in [0.25, 0.3) is 0 Å². The van der Waals surface area contributed by atoms with Crippen molar-refractivity contribution in [1.82, 2.24) is 0 Å². The standard InChI is InChI=1S/C14H21NO2/c1-3-17-12-8-7-11(9-13(12)16-2)14(15)10-5-4-6-10/h7-10,14H,3-6,15H2,1-2H3/t14-/m1/s1. The fraction of sp³-hybridized carbons (Fsp3) is 0.571. The van der Waals surface area contributed by atoms with Crippen molar-refractivity contribution in [1.29, 1.82) is 0 Å². The first-order valence-corrected chi connectivity index (χ1v) is 6.32. The minimum Gasteiger partial charge on any atom is -0.493 e. The third kappa shape index (κ3) is 2.55. The Morgan fingerprint density at radius 3 is 2.65 bits per heavy atom. The summed E-state index contributed by atoms with van der Waals surface area (Å²) < 4.78 is 10.8. The summed E-state index contributed by atoms with van der Waals surface area (Å²) in [6, 6.07) is 6.15. The molecule has 0 amide bonds. The number of ether oxygens (including phenoxy) is 2. The molecule has 1 fully saturated rings. The lowest BCUT2D eigenvalue weighted by molar-refractivity contribution is 0.263. The van der Waals surface area contributed by atoms with Gasteiger partial charge in [0.2, 0.25) is 0 Å². The van der Waals surface area contributed by atoms with Crippen LogP contribution in [0, 0.1) is 5.92 Å². The van der Waals surface area contributed by atoms with Crippen LogP contribution in [0.25, 0.3) is 0 Å². The summed E-state index contributed by atoms with van der Waals surface area (Å²) in [6.45, 7) is 2.61. The Morgan fingerprint density at radius 2 is 2.12 bits per heavy atom. The molecule has 1 atom stereocenters. The van der Waals surface area contributed by atoms with E-state index >= 15 is 0 Å². The van der Waals surface area contributed by atoms with E-state index in [-0.39, 0.29) is 6.04 Å². The zero-order valence-electron chi connectivity index (χ0n) is 10.6. The molecule has 2 rings (SSSR count). The van der Waals surface area contributed by atoms with Crippen LogP contribution in [0.15, 0.2) is 18.2 Å². The van der Waals surface area contributed by atoms with Crippen molar-refractivity contribution in [3.8, 4) is 11.5 Å². The molecule has 1 saturated carbocycles. The van der Waals surface area contributed by atoms with Gasteiger partial charge >= 0.3 is 0 Å². The maximum atomic E-state index is 6.25. The van der Waals surface area contributed by atoms with Gasteiger partial charge in [-0.2, -0.15) is 0 Å². The molecule has 3 heteroatoms. The maximum absolute atomic E-state index is 6.25. The molecule has 0 bridgehead atoms. The van der Waals surface area contributed by atoms with Gasteiger partial charge in [-0.3, -0.25) is 0 Å². The normalized spacial score (nSPS) is 17.4. The molecule has 0 aliphatic heterocycles. The quantitative estimate of drug-likeness (QED) is 0.853. The minimum absolute atomic E-state index is 0.133. The van der Waals surface area contributed by atoms with Crippen LogP contribution in [0.5, 0.6) is 11.5 Å². The first kappa shape index (κ1) is 12.2. The zero-order chi connectivity index (χ0) is 12.3. The Morgan fingerprint density at radius 1 is 1.35 bits per heavy atom. The predicted molar refractivity (Wildman–Crippen MR) is 68.4 cm³/mol. The SMILES string of the molecule is CCOc1ccc([C@H](N)C2CCC2)cc1OC. The highest BCUT2D eigenvalue weighted by molar-refractivity contribution is 5.44.